The fourth-order valence-corrected chi connectivity index (χ4v) is 1.35. The van der Waals surface area contributed by atoms with E-state index in [9.17, 15) is 8.78 Å². The molecule has 17 heavy (non-hydrogen) atoms. The lowest BCUT2D eigenvalue weighted by Crippen LogP contribution is -2.31. The number of anilines is 1. The van der Waals surface area contributed by atoms with Gasteiger partial charge in [-0.15, -0.1) is 0 Å². The summed E-state index contributed by atoms with van der Waals surface area (Å²) in [5.74, 6) is -1.08. The maximum absolute atomic E-state index is 13.2. The molecule has 0 aliphatic heterocycles. The van der Waals surface area contributed by atoms with Crippen molar-refractivity contribution in [3.05, 3.63) is 29.8 Å². The zero-order valence-electron chi connectivity index (χ0n) is 9.43. The first-order chi connectivity index (χ1) is 8.13. The number of thiocarbonyl (C=S) groups is 1. The molecular formula is C11H14F2N2OS. The minimum atomic E-state index is -0.555. The molecule has 0 aliphatic rings. The molecule has 0 bridgehead atoms. The summed E-state index contributed by atoms with van der Waals surface area (Å²) < 4.78 is 31.2. The van der Waals surface area contributed by atoms with Crippen molar-refractivity contribution in [3.8, 4) is 0 Å². The maximum atomic E-state index is 13.2. The second-order valence-electron chi connectivity index (χ2n) is 3.20. The second kappa shape index (κ2) is 7.13. The van der Waals surface area contributed by atoms with Crippen molar-refractivity contribution in [2.75, 3.05) is 25.1 Å². The topological polar surface area (TPSA) is 33.3 Å². The molecule has 0 heterocycles. The third-order valence-corrected chi connectivity index (χ3v) is 2.16. The van der Waals surface area contributed by atoms with Gasteiger partial charge in [-0.1, -0.05) is 0 Å². The highest BCUT2D eigenvalue weighted by Crippen LogP contribution is 2.14. The van der Waals surface area contributed by atoms with Crippen molar-refractivity contribution < 1.29 is 13.5 Å². The summed E-state index contributed by atoms with van der Waals surface area (Å²) in [4.78, 5) is 0. The molecular weight excluding hydrogens is 246 g/mol. The highest BCUT2D eigenvalue weighted by Gasteiger charge is 2.05. The predicted octanol–water partition coefficient (Wildman–Crippen LogP) is 2.29. The molecule has 6 heteroatoms. The van der Waals surface area contributed by atoms with E-state index in [2.05, 4.69) is 10.6 Å². The number of rotatable bonds is 5. The number of benzene rings is 1. The average molecular weight is 260 g/mol. The smallest absolute Gasteiger partial charge is 0.170 e. The number of ether oxygens (including phenoxy) is 1. The molecule has 0 atom stereocenters. The van der Waals surface area contributed by atoms with E-state index in [1.54, 1.807) is 0 Å². The van der Waals surface area contributed by atoms with Crippen molar-refractivity contribution in [2.24, 2.45) is 0 Å². The molecule has 3 nitrogen and oxygen atoms in total. The molecule has 1 rings (SSSR count). The predicted molar refractivity (Wildman–Crippen MR) is 67.1 cm³/mol. The third kappa shape index (κ3) is 5.06. The first kappa shape index (κ1) is 13.8. The Kier molecular flexibility index (Phi) is 5.79. The zero-order chi connectivity index (χ0) is 12.7. The molecule has 0 saturated heterocycles. The summed E-state index contributed by atoms with van der Waals surface area (Å²) in [6, 6.07) is 3.14. The van der Waals surface area contributed by atoms with Crippen LogP contribution in [0.1, 0.15) is 6.92 Å². The van der Waals surface area contributed by atoms with Gasteiger partial charge in [0.2, 0.25) is 0 Å². The summed E-state index contributed by atoms with van der Waals surface area (Å²) in [5.41, 5.74) is 0.0129. The molecule has 0 amide bonds. The highest BCUT2D eigenvalue weighted by molar-refractivity contribution is 7.80. The van der Waals surface area contributed by atoms with E-state index in [0.717, 1.165) is 18.2 Å². The summed E-state index contributed by atoms with van der Waals surface area (Å²) in [6.45, 7) is 3.53. The van der Waals surface area contributed by atoms with Gasteiger partial charge >= 0.3 is 0 Å². The Morgan fingerprint density at radius 3 is 2.88 bits per heavy atom. The second-order valence-corrected chi connectivity index (χ2v) is 3.61. The standard InChI is InChI=1S/C11H14F2N2OS/c1-2-16-6-5-14-11(17)15-10-7-8(12)3-4-9(10)13/h3-4,7H,2,5-6H2,1H3,(H2,14,15,17). The molecule has 0 aliphatic carbocycles. The van der Waals surface area contributed by atoms with Gasteiger partial charge in [0, 0.05) is 19.2 Å². The molecule has 0 radical (unpaired) electrons. The Labute approximate surface area is 104 Å². The van der Waals surface area contributed by atoms with Crippen molar-refractivity contribution in [1.82, 2.24) is 5.32 Å². The molecule has 0 saturated carbocycles. The Bertz CT molecular complexity index is 388. The molecule has 0 fully saturated rings. The maximum Gasteiger partial charge on any atom is 0.170 e. The van der Waals surface area contributed by atoms with Gasteiger partial charge in [-0.2, -0.15) is 0 Å². The van der Waals surface area contributed by atoms with Gasteiger partial charge in [0.15, 0.2) is 5.11 Å². The van der Waals surface area contributed by atoms with Gasteiger partial charge in [-0.25, -0.2) is 8.78 Å². The molecule has 0 spiro atoms. The molecule has 2 N–H and O–H groups in total. The number of nitrogens with one attached hydrogen (secondary N) is 2. The quantitative estimate of drug-likeness (QED) is 0.628. The van der Waals surface area contributed by atoms with Crippen molar-refractivity contribution >= 4 is 23.0 Å². The SMILES string of the molecule is CCOCCNC(=S)Nc1cc(F)ccc1F. The first-order valence-corrected chi connectivity index (χ1v) is 5.62. The van der Waals surface area contributed by atoms with E-state index >= 15 is 0 Å². The van der Waals surface area contributed by atoms with Gasteiger partial charge in [0.05, 0.1) is 12.3 Å². The summed E-state index contributed by atoms with van der Waals surface area (Å²) in [6.07, 6.45) is 0. The van der Waals surface area contributed by atoms with E-state index < -0.39 is 11.6 Å². The average Bonchev–Trinajstić information content (AvgIpc) is 2.29. The molecule has 1 aromatic rings. The van der Waals surface area contributed by atoms with E-state index in [4.69, 9.17) is 17.0 Å². The van der Waals surface area contributed by atoms with Gasteiger partial charge in [0.1, 0.15) is 11.6 Å². The molecule has 1 aromatic carbocycles. The Balaban J connectivity index is 2.42. The van der Waals surface area contributed by atoms with Crippen LogP contribution < -0.4 is 10.6 Å². The monoisotopic (exact) mass is 260 g/mol. The lowest BCUT2D eigenvalue weighted by Gasteiger charge is -2.11. The van der Waals surface area contributed by atoms with Crippen LogP contribution in [0.3, 0.4) is 0 Å². The van der Waals surface area contributed by atoms with E-state index in [-0.39, 0.29) is 10.8 Å². The lowest BCUT2D eigenvalue weighted by atomic mass is 10.3. The number of hydrogen-bond donors (Lipinski definition) is 2. The third-order valence-electron chi connectivity index (χ3n) is 1.91. The van der Waals surface area contributed by atoms with E-state index in [1.165, 1.54) is 0 Å². The van der Waals surface area contributed by atoms with Gasteiger partial charge in [-0.05, 0) is 31.3 Å². The van der Waals surface area contributed by atoms with Crippen LogP contribution in [0.25, 0.3) is 0 Å². The lowest BCUT2D eigenvalue weighted by molar-refractivity contribution is 0.152. The van der Waals surface area contributed by atoms with Crippen LogP contribution in [0, 0.1) is 11.6 Å². The normalized spacial score (nSPS) is 10.1. The summed E-state index contributed by atoms with van der Waals surface area (Å²) >= 11 is 4.92. The van der Waals surface area contributed by atoms with Crippen LogP contribution in [-0.4, -0.2) is 24.9 Å². The Morgan fingerprint density at radius 2 is 2.18 bits per heavy atom. The van der Waals surface area contributed by atoms with Crippen LogP contribution >= 0.6 is 12.2 Å². The van der Waals surface area contributed by atoms with Gasteiger partial charge in [-0.3, -0.25) is 0 Å². The van der Waals surface area contributed by atoms with Crippen LogP contribution in [0.5, 0.6) is 0 Å². The zero-order valence-corrected chi connectivity index (χ0v) is 10.2. The van der Waals surface area contributed by atoms with Crippen molar-refractivity contribution in [3.63, 3.8) is 0 Å². The largest absolute Gasteiger partial charge is 0.380 e. The minimum Gasteiger partial charge on any atom is -0.380 e. The summed E-state index contributed by atoms with van der Waals surface area (Å²) in [5, 5.41) is 5.63. The van der Waals surface area contributed by atoms with Gasteiger partial charge < -0.3 is 15.4 Å². The molecule has 94 valence electrons. The van der Waals surface area contributed by atoms with Crippen molar-refractivity contribution in [1.29, 1.82) is 0 Å². The number of halogens is 2. The van der Waals surface area contributed by atoms with Crippen LogP contribution in [0.2, 0.25) is 0 Å². The van der Waals surface area contributed by atoms with E-state index in [1.807, 2.05) is 6.92 Å². The Morgan fingerprint density at radius 1 is 1.41 bits per heavy atom. The Hall–Kier alpha value is -1.27. The fourth-order valence-electron chi connectivity index (χ4n) is 1.14. The van der Waals surface area contributed by atoms with E-state index in [0.29, 0.717) is 19.8 Å². The molecule has 0 aromatic heterocycles. The summed E-state index contributed by atoms with van der Waals surface area (Å²) in [7, 11) is 0. The van der Waals surface area contributed by atoms with Crippen LogP contribution in [0.15, 0.2) is 18.2 Å². The fraction of sp³-hybridized carbons (Fsp3) is 0.364. The van der Waals surface area contributed by atoms with Crippen LogP contribution in [-0.2, 0) is 4.74 Å². The minimum absolute atomic E-state index is 0.0129. The highest BCUT2D eigenvalue weighted by atomic mass is 32.1. The van der Waals surface area contributed by atoms with Gasteiger partial charge in [0.25, 0.3) is 0 Å². The molecule has 0 unspecified atom stereocenters. The number of hydrogen-bond acceptors (Lipinski definition) is 2. The van der Waals surface area contributed by atoms with Crippen LogP contribution in [0.4, 0.5) is 14.5 Å². The first-order valence-electron chi connectivity index (χ1n) is 5.21. The van der Waals surface area contributed by atoms with Crippen molar-refractivity contribution in [2.45, 2.75) is 6.92 Å².